The molecule has 6 heteroatoms. The summed E-state index contributed by atoms with van der Waals surface area (Å²) in [5.41, 5.74) is 2.81. The predicted octanol–water partition coefficient (Wildman–Crippen LogP) is 5.49. The van der Waals surface area contributed by atoms with E-state index in [1.54, 1.807) is 16.8 Å². The fourth-order valence-electron chi connectivity index (χ4n) is 4.84. The van der Waals surface area contributed by atoms with Gasteiger partial charge in [0.1, 0.15) is 11.6 Å². The van der Waals surface area contributed by atoms with Crippen LogP contribution in [0.2, 0.25) is 0 Å². The maximum atomic E-state index is 13.4. The Labute approximate surface area is 197 Å². The highest BCUT2D eigenvalue weighted by Crippen LogP contribution is 2.24. The Hall–Kier alpha value is -3.38. The Morgan fingerprint density at radius 3 is 2.15 bits per heavy atom. The predicted molar refractivity (Wildman–Crippen MR) is 130 cm³/mol. The molecule has 1 unspecified atom stereocenters. The average molecular weight is 460 g/mol. The minimum atomic E-state index is -0.268. The minimum absolute atomic E-state index is 0.0160. The van der Waals surface area contributed by atoms with Crippen molar-refractivity contribution in [3.05, 3.63) is 112 Å². The maximum absolute atomic E-state index is 13.4. The maximum Gasteiger partial charge on any atom is 0.274 e. The van der Waals surface area contributed by atoms with E-state index < -0.39 is 0 Å². The van der Waals surface area contributed by atoms with E-state index in [4.69, 9.17) is 5.10 Å². The number of halogens is 2. The lowest BCUT2D eigenvalue weighted by Crippen LogP contribution is -2.30. The van der Waals surface area contributed by atoms with Crippen LogP contribution in [0.3, 0.4) is 0 Å². The number of hydrogen-bond acceptors (Lipinski definition) is 3. The van der Waals surface area contributed by atoms with E-state index in [9.17, 15) is 13.6 Å². The third-order valence-corrected chi connectivity index (χ3v) is 6.65. The van der Waals surface area contributed by atoms with Crippen molar-refractivity contribution < 1.29 is 8.78 Å². The molecular formula is C28H27F2N3O. The van der Waals surface area contributed by atoms with Crippen LogP contribution in [0.5, 0.6) is 0 Å². The van der Waals surface area contributed by atoms with Crippen LogP contribution in [0.4, 0.5) is 8.78 Å². The zero-order valence-corrected chi connectivity index (χ0v) is 19.0. The number of nitrogens with zero attached hydrogens (tertiary/aromatic N) is 3. The van der Waals surface area contributed by atoms with Crippen molar-refractivity contribution in [3.8, 4) is 0 Å². The molecule has 0 N–H and O–H groups in total. The molecule has 0 radical (unpaired) electrons. The van der Waals surface area contributed by atoms with Gasteiger partial charge in [-0.3, -0.25) is 9.69 Å². The Morgan fingerprint density at radius 1 is 0.794 bits per heavy atom. The molecule has 3 aromatic carbocycles. The van der Waals surface area contributed by atoms with Gasteiger partial charge in [0.2, 0.25) is 0 Å². The molecule has 1 saturated heterocycles. The molecule has 4 nitrogen and oxygen atoms in total. The van der Waals surface area contributed by atoms with Crippen LogP contribution in [0.1, 0.15) is 42.1 Å². The summed E-state index contributed by atoms with van der Waals surface area (Å²) in [5, 5.41) is 6.37. The summed E-state index contributed by atoms with van der Waals surface area (Å²) >= 11 is 0. The minimum Gasteiger partial charge on any atom is -0.299 e. The standard InChI is InChI=1S/C28H27F2N3O/c29-22-11-7-20(8-12-22)18-27-25-5-1-2-6-26(25)28(34)33(31-27)24-4-3-16-32(17-15-24)19-21-9-13-23(30)14-10-21/h1-2,5-14,24H,3-4,15-19H2. The lowest BCUT2D eigenvalue weighted by Gasteiger charge is -2.21. The molecule has 1 fully saturated rings. The van der Waals surface area contributed by atoms with Crippen molar-refractivity contribution in [2.24, 2.45) is 0 Å². The van der Waals surface area contributed by atoms with Crippen LogP contribution in [-0.2, 0) is 13.0 Å². The lowest BCUT2D eigenvalue weighted by atomic mass is 10.0. The number of rotatable bonds is 5. The summed E-state index contributed by atoms with van der Waals surface area (Å²) in [5.74, 6) is -0.493. The molecule has 1 aromatic heterocycles. The first-order valence-corrected chi connectivity index (χ1v) is 11.8. The molecule has 5 rings (SSSR count). The van der Waals surface area contributed by atoms with Gasteiger partial charge in [-0.2, -0.15) is 5.10 Å². The van der Waals surface area contributed by atoms with Crippen molar-refractivity contribution in [2.75, 3.05) is 13.1 Å². The van der Waals surface area contributed by atoms with E-state index in [-0.39, 0.29) is 23.2 Å². The molecule has 0 bridgehead atoms. The van der Waals surface area contributed by atoms with Crippen molar-refractivity contribution >= 4 is 10.8 Å². The van der Waals surface area contributed by atoms with Gasteiger partial charge in [0.15, 0.2) is 0 Å². The molecule has 1 aliphatic heterocycles. The zero-order valence-electron chi connectivity index (χ0n) is 19.0. The normalized spacial score (nSPS) is 17.1. The van der Waals surface area contributed by atoms with Crippen molar-refractivity contribution in [3.63, 3.8) is 0 Å². The highest BCUT2D eigenvalue weighted by Gasteiger charge is 2.22. The summed E-state index contributed by atoms with van der Waals surface area (Å²) < 4.78 is 28.3. The van der Waals surface area contributed by atoms with Crippen molar-refractivity contribution in [1.29, 1.82) is 0 Å². The first-order valence-electron chi connectivity index (χ1n) is 11.8. The molecule has 1 atom stereocenters. The molecule has 2 heterocycles. The Bertz CT molecular complexity index is 1330. The van der Waals surface area contributed by atoms with Gasteiger partial charge in [0.05, 0.1) is 17.1 Å². The molecule has 34 heavy (non-hydrogen) atoms. The van der Waals surface area contributed by atoms with Gasteiger partial charge >= 0.3 is 0 Å². The summed E-state index contributed by atoms with van der Waals surface area (Å²) in [6.45, 7) is 2.54. The Kier molecular flexibility index (Phi) is 6.50. The first kappa shape index (κ1) is 22.4. The highest BCUT2D eigenvalue weighted by molar-refractivity contribution is 5.83. The van der Waals surface area contributed by atoms with E-state index in [0.29, 0.717) is 11.8 Å². The van der Waals surface area contributed by atoms with Gasteiger partial charge in [-0.1, -0.05) is 42.5 Å². The topological polar surface area (TPSA) is 38.1 Å². The number of aromatic nitrogens is 2. The SMILES string of the molecule is O=c1c2ccccc2c(Cc2ccc(F)cc2)nn1C1CCCN(Cc2ccc(F)cc2)CC1. The number of hydrogen-bond donors (Lipinski definition) is 0. The summed E-state index contributed by atoms with van der Waals surface area (Å²) in [4.78, 5) is 15.8. The second-order valence-electron chi connectivity index (χ2n) is 9.03. The van der Waals surface area contributed by atoms with Crippen LogP contribution < -0.4 is 5.56 Å². The molecule has 1 aliphatic rings. The highest BCUT2D eigenvalue weighted by atomic mass is 19.1. The number of benzene rings is 3. The molecule has 0 spiro atoms. The van der Waals surface area contributed by atoms with Gasteiger partial charge in [0.25, 0.3) is 5.56 Å². The first-order chi connectivity index (χ1) is 16.6. The Balaban J connectivity index is 1.41. The van der Waals surface area contributed by atoms with Gasteiger partial charge in [-0.15, -0.1) is 0 Å². The Morgan fingerprint density at radius 2 is 1.44 bits per heavy atom. The fraction of sp³-hybridized carbons (Fsp3) is 0.286. The van der Waals surface area contributed by atoms with Crippen LogP contribution in [0.15, 0.2) is 77.6 Å². The fourth-order valence-corrected chi connectivity index (χ4v) is 4.84. The summed E-state index contributed by atoms with van der Waals surface area (Å²) in [7, 11) is 0. The third-order valence-electron chi connectivity index (χ3n) is 6.65. The second kappa shape index (κ2) is 9.85. The van der Waals surface area contributed by atoms with Gasteiger partial charge in [0, 0.05) is 24.9 Å². The van der Waals surface area contributed by atoms with Crippen LogP contribution in [0, 0.1) is 11.6 Å². The molecule has 4 aromatic rings. The van der Waals surface area contributed by atoms with Crippen LogP contribution >= 0.6 is 0 Å². The van der Waals surface area contributed by atoms with E-state index in [1.165, 1.54) is 24.3 Å². The molecular weight excluding hydrogens is 432 g/mol. The molecule has 0 amide bonds. The van der Waals surface area contributed by atoms with Crippen molar-refractivity contribution in [1.82, 2.24) is 14.7 Å². The van der Waals surface area contributed by atoms with Crippen LogP contribution in [0.25, 0.3) is 10.8 Å². The van der Waals surface area contributed by atoms with Gasteiger partial charge in [-0.05, 0) is 67.3 Å². The van der Waals surface area contributed by atoms with Crippen LogP contribution in [-0.4, -0.2) is 27.8 Å². The van der Waals surface area contributed by atoms with E-state index in [0.717, 1.165) is 61.1 Å². The largest absolute Gasteiger partial charge is 0.299 e. The van der Waals surface area contributed by atoms with Gasteiger partial charge in [-0.25, -0.2) is 13.5 Å². The number of fused-ring (bicyclic) bond motifs is 1. The monoisotopic (exact) mass is 459 g/mol. The van der Waals surface area contributed by atoms with E-state index >= 15 is 0 Å². The second-order valence-corrected chi connectivity index (χ2v) is 9.03. The van der Waals surface area contributed by atoms with Gasteiger partial charge < -0.3 is 0 Å². The molecule has 174 valence electrons. The summed E-state index contributed by atoms with van der Waals surface area (Å²) in [6, 6.07) is 20.7. The lowest BCUT2D eigenvalue weighted by molar-refractivity contribution is 0.270. The smallest absolute Gasteiger partial charge is 0.274 e. The quantitative estimate of drug-likeness (QED) is 0.396. The van der Waals surface area contributed by atoms with E-state index in [2.05, 4.69) is 4.90 Å². The molecule has 0 aliphatic carbocycles. The number of likely N-dealkylation sites (tertiary alicyclic amines) is 1. The zero-order chi connectivity index (χ0) is 23.5. The van der Waals surface area contributed by atoms with E-state index in [1.807, 2.05) is 36.4 Å². The van der Waals surface area contributed by atoms with Crippen molar-refractivity contribution in [2.45, 2.75) is 38.3 Å². The average Bonchev–Trinajstić information content (AvgIpc) is 3.09. The molecule has 0 saturated carbocycles. The third kappa shape index (κ3) is 4.92. The summed E-state index contributed by atoms with van der Waals surface area (Å²) in [6.07, 6.45) is 3.19.